The molecule has 0 bridgehead atoms. The topological polar surface area (TPSA) is 60.2 Å². The first-order valence-corrected chi connectivity index (χ1v) is 7.37. The number of benzene rings is 1. The van der Waals surface area contributed by atoms with Gasteiger partial charge in [0.2, 0.25) is 0 Å². The Morgan fingerprint density at radius 1 is 1.11 bits per heavy atom. The number of hydrogen-bond donors (Lipinski definition) is 1. The van der Waals surface area contributed by atoms with Gasteiger partial charge in [0, 0.05) is 5.54 Å². The van der Waals surface area contributed by atoms with Crippen LogP contribution in [-0.4, -0.2) is 19.7 Å². The molecule has 1 aromatic rings. The van der Waals surface area contributed by atoms with Crippen molar-refractivity contribution in [3.63, 3.8) is 0 Å². The molecule has 1 aromatic carbocycles. The van der Waals surface area contributed by atoms with Crippen molar-refractivity contribution in [2.75, 3.05) is 5.75 Å². The summed E-state index contributed by atoms with van der Waals surface area (Å²) < 4.78 is 24.5. The molecule has 98 valence electrons. The minimum absolute atomic E-state index is 0.109. The van der Waals surface area contributed by atoms with Crippen LogP contribution in [-0.2, 0) is 9.84 Å². The van der Waals surface area contributed by atoms with E-state index in [1.54, 1.807) is 42.5 Å². The molecule has 2 N–H and O–H groups in total. The second-order valence-electron chi connectivity index (χ2n) is 4.42. The largest absolute Gasteiger partial charge is 0.324 e. The molecule has 0 atom stereocenters. The van der Waals surface area contributed by atoms with Gasteiger partial charge in [0.1, 0.15) is 0 Å². The lowest BCUT2D eigenvalue weighted by Gasteiger charge is -2.26. The quantitative estimate of drug-likeness (QED) is 0.770. The van der Waals surface area contributed by atoms with Crippen LogP contribution in [0, 0.1) is 0 Å². The molecule has 0 unspecified atom stereocenters. The summed E-state index contributed by atoms with van der Waals surface area (Å²) in [7, 11) is -3.38. The van der Waals surface area contributed by atoms with Gasteiger partial charge < -0.3 is 5.73 Å². The van der Waals surface area contributed by atoms with Crippen LogP contribution in [0.3, 0.4) is 0 Å². The van der Waals surface area contributed by atoms with Gasteiger partial charge in [0.05, 0.1) is 10.6 Å². The maximum atomic E-state index is 12.2. The predicted octanol–water partition coefficient (Wildman–Crippen LogP) is 2.31. The zero-order valence-corrected chi connectivity index (χ0v) is 11.2. The van der Waals surface area contributed by atoms with Crippen LogP contribution >= 0.6 is 0 Å². The molecule has 0 aliphatic heterocycles. The fraction of sp³-hybridized carbons (Fsp3) is 0.286. The van der Waals surface area contributed by atoms with Gasteiger partial charge in [-0.05, 0) is 25.0 Å². The van der Waals surface area contributed by atoms with Gasteiger partial charge in [0.15, 0.2) is 9.84 Å². The highest BCUT2D eigenvalue weighted by Gasteiger charge is 2.30. The highest BCUT2D eigenvalue weighted by atomic mass is 32.2. The third-order valence-corrected chi connectivity index (χ3v) is 4.63. The van der Waals surface area contributed by atoms with Gasteiger partial charge in [-0.3, -0.25) is 0 Å². The van der Waals surface area contributed by atoms with E-state index in [4.69, 9.17) is 5.73 Å². The molecule has 4 heteroatoms. The molecule has 1 rings (SSSR count). The molecule has 0 radical (unpaired) electrons. The number of rotatable bonds is 7. The summed E-state index contributed by atoms with van der Waals surface area (Å²) in [5, 5.41) is 0. The standard InChI is InChI=1S/C14H19NO2S/c1-3-10-14(15,11-4-2)12-18(16,17)13-8-6-5-7-9-13/h3-9H,1-2,10-12,15H2. The highest BCUT2D eigenvalue weighted by Crippen LogP contribution is 2.21. The lowest BCUT2D eigenvalue weighted by atomic mass is 9.95. The molecular weight excluding hydrogens is 246 g/mol. The second-order valence-corrected chi connectivity index (χ2v) is 6.41. The molecule has 0 heterocycles. The van der Waals surface area contributed by atoms with Crippen LogP contribution in [0.2, 0.25) is 0 Å². The third kappa shape index (κ3) is 3.82. The summed E-state index contributed by atoms with van der Waals surface area (Å²) in [6.07, 6.45) is 4.16. The van der Waals surface area contributed by atoms with Crippen LogP contribution < -0.4 is 5.73 Å². The van der Waals surface area contributed by atoms with E-state index in [0.29, 0.717) is 17.7 Å². The summed E-state index contributed by atoms with van der Waals surface area (Å²) in [6, 6.07) is 8.34. The molecule has 18 heavy (non-hydrogen) atoms. The SMILES string of the molecule is C=CCC(N)(CC=C)CS(=O)(=O)c1ccccc1. The molecule has 0 fully saturated rings. The maximum absolute atomic E-state index is 12.2. The molecule has 0 spiro atoms. The van der Waals surface area contributed by atoms with E-state index < -0.39 is 15.4 Å². The lowest BCUT2D eigenvalue weighted by molar-refractivity contribution is 0.474. The van der Waals surface area contributed by atoms with E-state index in [0.717, 1.165) is 0 Å². The van der Waals surface area contributed by atoms with Gasteiger partial charge in [-0.15, -0.1) is 13.2 Å². The Labute approximate surface area is 109 Å². The van der Waals surface area contributed by atoms with Gasteiger partial charge in [-0.1, -0.05) is 30.4 Å². The first kappa shape index (κ1) is 14.7. The Balaban J connectivity index is 3.00. The Bertz CT molecular complexity index is 496. The van der Waals surface area contributed by atoms with Gasteiger partial charge in [0.25, 0.3) is 0 Å². The third-order valence-electron chi connectivity index (χ3n) is 2.68. The fourth-order valence-corrected chi connectivity index (χ4v) is 3.60. The fourth-order valence-electron chi connectivity index (χ4n) is 1.87. The average Bonchev–Trinajstić information content (AvgIpc) is 2.29. The minimum atomic E-state index is -3.38. The molecule has 3 nitrogen and oxygen atoms in total. The van der Waals surface area contributed by atoms with Crippen molar-refractivity contribution in [2.45, 2.75) is 23.3 Å². The zero-order chi connectivity index (χ0) is 13.6. The van der Waals surface area contributed by atoms with Crippen LogP contribution in [0.15, 0.2) is 60.5 Å². The van der Waals surface area contributed by atoms with Crippen molar-refractivity contribution in [3.8, 4) is 0 Å². The number of hydrogen-bond acceptors (Lipinski definition) is 3. The first-order valence-electron chi connectivity index (χ1n) is 5.72. The van der Waals surface area contributed by atoms with E-state index in [2.05, 4.69) is 13.2 Å². The van der Waals surface area contributed by atoms with E-state index in [-0.39, 0.29) is 5.75 Å². The normalized spacial score (nSPS) is 12.1. The van der Waals surface area contributed by atoms with Gasteiger partial charge in [-0.25, -0.2) is 8.42 Å². The van der Waals surface area contributed by atoms with Crippen LogP contribution in [0.1, 0.15) is 12.8 Å². The molecule has 0 saturated heterocycles. The van der Waals surface area contributed by atoms with E-state index in [1.165, 1.54) is 0 Å². The second kappa shape index (κ2) is 5.98. The van der Waals surface area contributed by atoms with Gasteiger partial charge >= 0.3 is 0 Å². The summed E-state index contributed by atoms with van der Waals surface area (Å²) in [5.74, 6) is -0.109. The smallest absolute Gasteiger partial charge is 0.180 e. The van der Waals surface area contributed by atoms with Crippen molar-refractivity contribution in [1.82, 2.24) is 0 Å². The molecule has 0 amide bonds. The van der Waals surface area contributed by atoms with Crippen LogP contribution in [0.4, 0.5) is 0 Å². The van der Waals surface area contributed by atoms with Crippen molar-refractivity contribution < 1.29 is 8.42 Å². The Morgan fingerprint density at radius 3 is 2.06 bits per heavy atom. The monoisotopic (exact) mass is 265 g/mol. The van der Waals surface area contributed by atoms with Crippen molar-refractivity contribution in [1.29, 1.82) is 0 Å². The van der Waals surface area contributed by atoms with Crippen molar-refractivity contribution >= 4 is 9.84 Å². The Kier molecular flexibility index (Phi) is 4.87. The van der Waals surface area contributed by atoms with Gasteiger partial charge in [-0.2, -0.15) is 0 Å². The molecule has 0 saturated carbocycles. The molecule has 0 aromatic heterocycles. The van der Waals surface area contributed by atoms with E-state index in [9.17, 15) is 8.42 Å². The number of nitrogens with two attached hydrogens (primary N) is 1. The van der Waals surface area contributed by atoms with Crippen LogP contribution in [0.25, 0.3) is 0 Å². The van der Waals surface area contributed by atoms with Crippen LogP contribution in [0.5, 0.6) is 0 Å². The molecule has 0 aliphatic rings. The lowest BCUT2D eigenvalue weighted by Crippen LogP contribution is -2.45. The van der Waals surface area contributed by atoms with Crippen molar-refractivity contribution in [2.24, 2.45) is 5.73 Å². The minimum Gasteiger partial charge on any atom is -0.324 e. The summed E-state index contributed by atoms with van der Waals surface area (Å²) in [4.78, 5) is 0.299. The zero-order valence-electron chi connectivity index (χ0n) is 10.4. The number of sulfone groups is 1. The van der Waals surface area contributed by atoms with E-state index >= 15 is 0 Å². The molecular formula is C14H19NO2S. The summed E-state index contributed by atoms with van der Waals surface area (Å²) >= 11 is 0. The van der Waals surface area contributed by atoms with E-state index in [1.807, 2.05) is 0 Å². The average molecular weight is 265 g/mol. The predicted molar refractivity (Wildman–Crippen MR) is 75.0 cm³/mol. The Morgan fingerprint density at radius 2 is 1.61 bits per heavy atom. The highest BCUT2D eigenvalue weighted by molar-refractivity contribution is 7.91. The maximum Gasteiger partial charge on any atom is 0.180 e. The summed E-state index contributed by atoms with van der Waals surface area (Å²) in [6.45, 7) is 7.24. The first-order chi connectivity index (χ1) is 8.43. The summed E-state index contributed by atoms with van der Waals surface area (Å²) in [5.41, 5.74) is 5.29. The Hall–Kier alpha value is -1.39. The van der Waals surface area contributed by atoms with Crippen molar-refractivity contribution in [3.05, 3.63) is 55.6 Å². The molecule has 0 aliphatic carbocycles.